The summed E-state index contributed by atoms with van der Waals surface area (Å²) in [5, 5.41) is 7.08. The molecule has 0 atom stereocenters. The van der Waals surface area contributed by atoms with Crippen LogP contribution >= 0.6 is 0 Å². The quantitative estimate of drug-likeness (QED) is 0.457. The molecule has 0 saturated carbocycles. The number of nitrogens with one attached hydrogen (secondary N) is 1. The molecule has 1 amide bonds. The highest BCUT2D eigenvalue weighted by atomic mass is 16.5. The second-order valence-corrected chi connectivity index (χ2v) is 6.72. The van der Waals surface area contributed by atoms with Gasteiger partial charge in [-0.25, -0.2) is 18.9 Å². The fraction of sp³-hybridized carbons (Fsp3) is 0.182. The fourth-order valence-electron chi connectivity index (χ4n) is 3.06. The Balaban J connectivity index is 1.40. The van der Waals surface area contributed by atoms with Gasteiger partial charge in [0.2, 0.25) is 11.6 Å². The Morgan fingerprint density at radius 3 is 2.53 bits per heavy atom. The lowest BCUT2D eigenvalue weighted by Gasteiger charge is -2.05. The van der Waals surface area contributed by atoms with Crippen molar-refractivity contribution in [2.75, 3.05) is 6.54 Å². The highest BCUT2D eigenvalue weighted by Crippen LogP contribution is 2.21. The molecule has 0 unspecified atom stereocenters. The molecule has 8 heteroatoms. The highest BCUT2D eigenvalue weighted by Gasteiger charge is 2.15. The van der Waals surface area contributed by atoms with Gasteiger partial charge in [0.05, 0.1) is 0 Å². The number of fused-ring (bicyclic) bond motifs is 1. The number of hydrogen-bond acceptors (Lipinski definition) is 5. The topological polar surface area (TPSA) is 90.5 Å². The third-order valence-corrected chi connectivity index (χ3v) is 4.53. The summed E-state index contributed by atoms with van der Waals surface area (Å²) in [7, 11) is 0. The highest BCUT2D eigenvalue weighted by molar-refractivity contribution is 5.75. The van der Waals surface area contributed by atoms with Gasteiger partial charge in [0, 0.05) is 18.9 Å². The van der Waals surface area contributed by atoms with Crippen molar-refractivity contribution in [1.82, 2.24) is 24.5 Å². The van der Waals surface area contributed by atoms with Crippen LogP contribution < -0.4 is 15.7 Å². The average molecular weight is 403 g/mol. The molecule has 2 aromatic heterocycles. The largest absolute Gasteiger partial charge is 0.436 e. The minimum absolute atomic E-state index is 0.170. The van der Waals surface area contributed by atoms with Crippen LogP contribution in [0.3, 0.4) is 0 Å². The third kappa shape index (κ3) is 4.54. The molecular formula is C22H21N5O3. The van der Waals surface area contributed by atoms with Gasteiger partial charge in [-0.2, -0.15) is 0 Å². The Labute approximate surface area is 172 Å². The first kappa shape index (κ1) is 19.4. The lowest BCUT2D eigenvalue weighted by atomic mass is 10.1. The number of carbonyl (C=O) groups excluding carboxylic acids is 1. The molecule has 0 aliphatic rings. The Kier molecular flexibility index (Phi) is 5.84. The molecule has 1 N–H and O–H groups in total. The van der Waals surface area contributed by atoms with Gasteiger partial charge in [-0.15, -0.1) is 5.10 Å². The zero-order valence-electron chi connectivity index (χ0n) is 16.3. The number of para-hydroxylation sites is 1. The zero-order chi connectivity index (χ0) is 20.8. The molecule has 2 heterocycles. The maximum absolute atomic E-state index is 12.6. The number of hydrogen-bond donors (Lipinski definition) is 1. The van der Waals surface area contributed by atoms with Crippen LogP contribution in [0.1, 0.15) is 12.0 Å². The van der Waals surface area contributed by atoms with Gasteiger partial charge in [-0.05, 0) is 30.5 Å². The number of amides is 1. The van der Waals surface area contributed by atoms with Crippen molar-refractivity contribution in [3.8, 4) is 11.6 Å². The minimum Gasteiger partial charge on any atom is -0.436 e. The number of rotatable bonds is 8. The van der Waals surface area contributed by atoms with E-state index in [4.69, 9.17) is 4.74 Å². The van der Waals surface area contributed by atoms with Gasteiger partial charge in [0.15, 0.2) is 0 Å². The van der Waals surface area contributed by atoms with E-state index in [1.54, 1.807) is 12.1 Å². The van der Waals surface area contributed by atoms with Gasteiger partial charge in [-0.3, -0.25) is 4.79 Å². The molecule has 8 nitrogen and oxygen atoms in total. The third-order valence-electron chi connectivity index (χ3n) is 4.53. The molecule has 0 aliphatic heterocycles. The lowest BCUT2D eigenvalue weighted by molar-refractivity contribution is -0.121. The number of aryl methyl sites for hydroxylation is 1. The predicted octanol–water partition coefficient (Wildman–Crippen LogP) is 2.43. The van der Waals surface area contributed by atoms with Crippen LogP contribution in [0.15, 0.2) is 77.9 Å². The average Bonchev–Trinajstić information content (AvgIpc) is 3.09. The van der Waals surface area contributed by atoms with E-state index in [0.717, 1.165) is 17.5 Å². The van der Waals surface area contributed by atoms with E-state index in [2.05, 4.69) is 27.5 Å². The first-order valence-electron chi connectivity index (χ1n) is 9.68. The molecule has 2 aromatic carbocycles. The standard InChI is InChI=1S/C22H21N5O3/c28-19(23-13-7-10-17-8-3-1-4-9-17)16-27-22(29)26-15-14-24-21(20(26)25-27)30-18-11-5-2-6-12-18/h1-6,8-9,11-12,14-15H,7,10,13,16H2,(H,23,28). The first-order chi connectivity index (χ1) is 14.7. The van der Waals surface area contributed by atoms with E-state index in [-0.39, 0.29) is 24.0 Å². The lowest BCUT2D eigenvalue weighted by Crippen LogP contribution is -2.33. The van der Waals surface area contributed by atoms with Gasteiger partial charge < -0.3 is 10.1 Å². The summed E-state index contributed by atoms with van der Waals surface area (Å²) in [6.45, 7) is 0.358. The summed E-state index contributed by atoms with van der Waals surface area (Å²) in [6, 6.07) is 19.2. The second kappa shape index (κ2) is 9.04. The summed E-state index contributed by atoms with van der Waals surface area (Å²) in [4.78, 5) is 29.0. The predicted molar refractivity (Wildman–Crippen MR) is 112 cm³/mol. The van der Waals surface area contributed by atoms with Crippen molar-refractivity contribution in [2.24, 2.45) is 0 Å². The molecule has 0 radical (unpaired) electrons. The van der Waals surface area contributed by atoms with Gasteiger partial charge in [0.25, 0.3) is 5.88 Å². The number of aromatic nitrogens is 4. The second-order valence-electron chi connectivity index (χ2n) is 6.72. The van der Waals surface area contributed by atoms with Crippen molar-refractivity contribution < 1.29 is 9.53 Å². The SMILES string of the molecule is O=C(Cn1nc2c(Oc3ccccc3)nccn2c1=O)NCCCc1ccccc1. The van der Waals surface area contributed by atoms with Crippen molar-refractivity contribution >= 4 is 11.6 Å². The molecule has 0 saturated heterocycles. The maximum atomic E-state index is 12.6. The smallest absolute Gasteiger partial charge is 0.351 e. The molecule has 0 bridgehead atoms. The molecule has 4 rings (SSSR count). The Bertz CT molecular complexity index is 1190. The van der Waals surface area contributed by atoms with Crippen LogP contribution in [0.4, 0.5) is 0 Å². The molecule has 0 aliphatic carbocycles. The maximum Gasteiger partial charge on any atom is 0.351 e. The van der Waals surface area contributed by atoms with E-state index in [9.17, 15) is 9.59 Å². The van der Waals surface area contributed by atoms with E-state index in [1.165, 1.54) is 22.4 Å². The van der Waals surface area contributed by atoms with Crippen molar-refractivity contribution in [3.63, 3.8) is 0 Å². The molecule has 152 valence electrons. The minimum atomic E-state index is -0.426. The molecule has 30 heavy (non-hydrogen) atoms. The van der Waals surface area contributed by atoms with E-state index in [1.807, 2.05) is 36.4 Å². The van der Waals surface area contributed by atoms with Crippen LogP contribution in [-0.4, -0.2) is 31.6 Å². The van der Waals surface area contributed by atoms with Crippen LogP contribution in [0.2, 0.25) is 0 Å². The van der Waals surface area contributed by atoms with E-state index < -0.39 is 5.69 Å². The number of ether oxygens (including phenoxy) is 1. The Hall–Kier alpha value is -3.94. The van der Waals surface area contributed by atoms with Crippen molar-refractivity contribution in [1.29, 1.82) is 0 Å². The Morgan fingerprint density at radius 2 is 1.77 bits per heavy atom. The fourth-order valence-corrected chi connectivity index (χ4v) is 3.06. The Morgan fingerprint density at radius 1 is 1.03 bits per heavy atom. The normalized spacial score (nSPS) is 10.8. The molecule has 0 spiro atoms. The summed E-state index contributed by atoms with van der Waals surface area (Å²) in [5.41, 5.74) is 1.05. The summed E-state index contributed by atoms with van der Waals surface area (Å²) in [6.07, 6.45) is 4.65. The molecule has 0 fully saturated rings. The number of carbonyl (C=O) groups is 1. The number of nitrogens with zero attached hydrogens (tertiary/aromatic N) is 4. The van der Waals surface area contributed by atoms with E-state index in [0.29, 0.717) is 12.3 Å². The van der Waals surface area contributed by atoms with Crippen LogP contribution in [0.5, 0.6) is 11.6 Å². The monoisotopic (exact) mass is 403 g/mol. The van der Waals surface area contributed by atoms with Gasteiger partial charge in [-0.1, -0.05) is 48.5 Å². The zero-order valence-corrected chi connectivity index (χ0v) is 16.3. The van der Waals surface area contributed by atoms with Gasteiger partial charge in [0.1, 0.15) is 12.3 Å². The van der Waals surface area contributed by atoms with E-state index >= 15 is 0 Å². The summed E-state index contributed by atoms with van der Waals surface area (Å²) >= 11 is 0. The van der Waals surface area contributed by atoms with Crippen molar-refractivity contribution in [2.45, 2.75) is 19.4 Å². The summed E-state index contributed by atoms with van der Waals surface area (Å²) < 4.78 is 8.17. The molecule has 4 aromatic rings. The number of benzene rings is 2. The van der Waals surface area contributed by atoms with Crippen LogP contribution in [0.25, 0.3) is 5.65 Å². The van der Waals surface area contributed by atoms with Crippen LogP contribution in [-0.2, 0) is 17.8 Å². The summed E-state index contributed by atoms with van der Waals surface area (Å²) in [5.74, 6) is 0.506. The van der Waals surface area contributed by atoms with Crippen molar-refractivity contribution in [3.05, 3.63) is 89.1 Å². The first-order valence-corrected chi connectivity index (χ1v) is 9.68. The van der Waals surface area contributed by atoms with Gasteiger partial charge >= 0.3 is 5.69 Å². The molecular weight excluding hydrogens is 382 g/mol. The van der Waals surface area contributed by atoms with Crippen LogP contribution in [0, 0.1) is 0 Å².